The molecule has 0 saturated carbocycles. The van der Waals surface area contributed by atoms with E-state index in [4.69, 9.17) is 0 Å². The number of hydrogen-bond donors (Lipinski definition) is 1. The molecular weight excluding hydrogens is 208 g/mol. The van der Waals surface area contributed by atoms with Crippen LogP contribution in [0.25, 0.3) is 0 Å². The Morgan fingerprint density at radius 1 is 1.18 bits per heavy atom. The maximum absolute atomic E-state index is 3.46. The number of nitrogens with zero attached hydrogens (tertiary/aromatic N) is 1. The minimum Gasteiger partial charge on any atom is -0.316 e. The maximum atomic E-state index is 3.46. The minimum absolute atomic E-state index is 0.345. The highest BCUT2D eigenvalue weighted by molar-refractivity contribution is 5.30. The van der Waals surface area contributed by atoms with E-state index in [0.29, 0.717) is 5.41 Å². The normalized spacial score (nSPS) is 16.2. The number of rotatable bonds is 5. The molecule has 1 heterocycles. The first kappa shape index (κ1) is 12.6. The average molecular weight is 232 g/mol. The highest BCUT2D eigenvalue weighted by atomic mass is 15.1. The third-order valence-corrected chi connectivity index (χ3v) is 3.41. The topological polar surface area (TPSA) is 15.3 Å². The van der Waals surface area contributed by atoms with Crippen molar-refractivity contribution in [2.75, 3.05) is 19.6 Å². The zero-order chi connectivity index (χ0) is 12.3. The van der Waals surface area contributed by atoms with E-state index < -0.39 is 0 Å². The first-order chi connectivity index (χ1) is 8.11. The van der Waals surface area contributed by atoms with Gasteiger partial charge in [-0.15, -0.1) is 0 Å². The van der Waals surface area contributed by atoms with Crippen molar-refractivity contribution < 1.29 is 0 Å². The molecule has 1 aromatic rings. The molecule has 0 spiro atoms. The van der Waals surface area contributed by atoms with Gasteiger partial charge in [0.05, 0.1) is 0 Å². The molecule has 0 bridgehead atoms. The third-order valence-electron chi connectivity index (χ3n) is 3.41. The van der Waals surface area contributed by atoms with E-state index in [-0.39, 0.29) is 0 Å². The van der Waals surface area contributed by atoms with Gasteiger partial charge in [-0.05, 0) is 23.1 Å². The van der Waals surface area contributed by atoms with Crippen molar-refractivity contribution in [1.82, 2.24) is 10.2 Å². The average Bonchev–Trinajstić information content (AvgIpc) is 2.67. The highest BCUT2D eigenvalue weighted by Gasteiger charge is 2.25. The molecule has 0 amide bonds. The summed E-state index contributed by atoms with van der Waals surface area (Å²) in [6.07, 6.45) is 0. The molecule has 1 aromatic carbocycles. The Hall–Kier alpha value is -0.860. The summed E-state index contributed by atoms with van der Waals surface area (Å²) in [5.74, 6) is 0. The van der Waals surface area contributed by atoms with E-state index in [2.05, 4.69) is 55.3 Å². The second kappa shape index (κ2) is 5.19. The predicted octanol–water partition coefficient (Wildman–Crippen LogP) is 2.64. The van der Waals surface area contributed by atoms with Gasteiger partial charge in [-0.2, -0.15) is 0 Å². The molecular formula is C15H24N2. The van der Waals surface area contributed by atoms with Crippen LogP contribution in [0.15, 0.2) is 24.3 Å². The van der Waals surface area contributed by atoms with E-state index in [0.717, 1.165) is 32.7 Å². The van der Waals surface area contributed by atoms with E-state index in [1.54, 1.807) is 0 Å². The Balaban J connectivity index is 1.91. The van der Waals surface area contributed by atoms with Gasteiger partial charge in [-0.25, -0.2) is 0 Å². The smallest absolute Gasteiger partial charge is 0.0240 e. The fraction of sp³-hybridized carbons (Fsp3) is 0.600. The Morgan fingerprint density at radius 3 is 2.29 bits per heavy atom. The van der Waals surface area contributed by atoms with Crippen molar-refractivity contribution in [3.05, 3.63) is 35.4 Å². The number of hydrogen-bond acceptors (Lipinski definition) is 2. The maximum Gasteiger partial charge on any atom is 0.0240 e. The molecule has 2 nitrogen and oxygen atoms in total. The lowest BCUT2D eigenvalue weighted by Gasteiger charge is -2.30. The Labute approximate surface area is 105 Å². The third kappa shape index (κ3) is 3.30. The summed E-state index contributed by atoms with van der Waals surface area (Å²) >= 11 is 0. The fourth-order valence-electron chi connectivity index (χ4n) is 2.64. The monoisotopic (exact) mass is 232 g/mol. The van der Waals surface area contributed by atoms with Crippen molar-refractivity contribution in [2.45, 2.75) is 33.9 Å². The predicted molar refractivity (Wildman–Crippen MR) is 72.9 cm³/mol. The molecule has 0 aromatic heterocycles. The van der Waals surface area contributed by atoms with Crippen molar-refractivity contribution >= 4 is 0 Å². The molecule has 17 heavy (non-hydrogen) atoms. The van der Waals surface area contributed by atoms with Crippen LogP contribution in [0.1, 0.15) is 31.9 Å². The van der Waals surface area contributed by atoms with Crippen molar-refractivity contribution in [3.63, 3.8) is 0 Å². The lowest BCUT2D eigenvalue weighted by Crippen LogP contribution is -2.38. The van der Waals surface area contributed by atoms with E-state index in [1.807, 2.05) is 0 Å². The van der Waals surface area contributed by atoms with E-state index in [9.17, 15) is 0 Å². The van der Waals surface area contributed by atoms with Crippen molar-refractivity contribution in [3.8, 4) is 0 Å². The zero-order valence-electron chi connectivity index (χ0n) is 11.3. The Kier molecular flexibility index (Phi) is 3.85. The van der Waals surface area contributed by atoms with Crippen LogP contribution in [0.4, 0.5) is 0 Å². The van der Waals surface area contributed by atoms with Gasteiger partial charge in [0.2, 0.25) is 0 Å². The number of nitrogens with one attached hydrogen (secondary N) is 1. The van der Waals surface area contributed by atoms with Gasteiger partial charge >= 0.3 is 0 Å². The SMILES string of the molecule is CCNCC(C)(C)CN1Cc2ccccc2C1. The van der Waals surface area contributed by atoms with Crippen LogP contribution < -0.4 is 5.32 Å². The van der Waals surface area contributed by atoms with E-state index in [1.165, 1.54) is 11.1 Å². The quantitative estimate of drug-likeness (QED) is 0.839. The van der Waals surface area contributed by atoms with Gasteiger partial charge < -0.3 is 5.32 Å². The lowest BCUT2D eigenvalue weighted by atomic mass is 9.92. The Bertz CT molecular complexity index is 346. The van der Waals surface area contributed by atoms with Gasteiger partial charge in [0.15, 0.2) is 0 Å². The minimum atomic E-state index is 0.345. The summed E-state index contributed by atoms with van der Waals surface area (Å²) in [5.41, 5.74) is 3.36. The van der Waals surface area contributed by atoms with Gasteiger partial charge in [-0.1, -0.05) is 45.0 Å². The van der Waals surface area contributed by atoms with Crippen LogP contribution in [-0.2, 0) is 13.1 Å². The van der Waals surface area contributed by atoms with Crippen molar-refractivity contribution in [1.29, 1.82) is 0 Å². The van der Waals surface area contributed by atoms with Crippen LogP contribution in [-0.4, -0.2) is 24.5 Å². The summed E-state index contributed by atoms with van der Waals surface area (Å²) in [6, 6.07) is 8.80. The lowest BCUT2D eigenvalue weighted by molar-refractivity contribution is 0.176. The number of fused-ring (bicyclic) bond motifs is 1. The molecule has 0 unspecified atom stereocenters. The van der Waals surface area contributed by atoms with Gasteiger partial charge in [0.1, 0.15) is 0 Å². The van der Waals surface area contributed by atoms with Gasteiger partial charge in [-0.3, -0.25) is 4.90 Å². The summed E-state index contributed by atoms with van der Waals surface area (Å²) in [4.78, 5) is 2.56. The summed E-state index contributed by atoms with van der Waals surface area (Å²) < 4.78 is 0. The van der Waals surface area contributed by atoms with Gasteiger partial charge in [0, 0.05) is 26.2 Å². The molecule has 2 rings (SSSR count). The highest BCUT2D eigenvalue weighted by Crippen LogP contribution is 2.26. The molecule has 0 atom stereocenters. The molecule has 0 aliphatic carbocycles. The molecule has 0 saturated heterocycles. The molecule has 1 aliphatic heterocycles. The molecule has 0 radical (unpaired) electrons. The first-order valence-electron chi connectivity index (χ1n) is 6.60. The van der Waals surface area contributed by atoms with Crippen LogP contribution >= 0.6 is 0 Å². The number of benzene rings is 1. The van der Waals surface area contributed by atoms with Gasteiger partial charge in [0.25, 0.3) is 0 Å². The van der Waals surface area contributed by atoms with E-state index >= 15 is 0 Å². The molecule has 94 valence electrons. The molecule has 0 fully saturated rings. The molecule has 1 aliphatic rings. The van der Waals surface area contributed by atoms with Crippen LogP contribution in [0, 0.1) is 5.41 Å². The van der Waals surface area contributed by atoms with Crippen LogP contribution in [0.5, 0.6) is 0 Å². The van der Waals surface area contributed by atoms with Crippen molar-refractivity contribution in [2.24, 2.45) is 5.41 Å². The summed E-state index contributed by atoms with van der Waals surface area (Å²) in [7, 11) is 0. The van der Waals surface area contributed by atoms with Crippen LogP contribution in [0.3, 0.4) is 0 Å². The first-order valence-corrected chi connectivity index (χ1v) is 6.60. The zero-order valence-corrected chi connectivity index (χ0v) is 11.3. The Morgan fingerprint density at radius 2 is 1.76 bits per heavy atom. The van der Waals surface area contributed by atoms with Crippen LogP contribution in [0.2, 0.25) is 0 Å². The summed E-state index contributed by atoms with van der Waals surface area (Å²) in [6.45, 7) is 12.4. The second-order valence-corrected chi connectivity index (χ2v) is 5.86. The summed E-state index contributed by atoms with van der Waals surface area (Å²) in [5, 5.41) is 3.46. The standard InChI is InChI=1S/C15H24N2/c1-4-16-11-15(2,3)12-17-9-13-7-5-6-8-14(13)10-17/h5-8,16H,4,9-12H2,1-3H3. The molecule has 1 N–H and O–H groups in total. The fourth-order valence-corrected chi connectivity index (χ4v) is 2.64. The second-order valence-electron chi connectivity index (χ2n) is 5.86. The largest absolute Gasteiger partial charge is 0.316 e. The molecule has 2 heteroatoms.